The molecule has 9 nitrogen and oxygen atoms in total. The Kier molecular flexibility index (Phi) is 4.47. The molecule has 4 heterocycles. The van der Waals surface area contributed by atoms with E-state index in [-0.39, 0.29) is 12.1 Å². The summed E-state index contributed by atoms with van der Waals surface area (Å²) in [4.78, 5) is 25.3. The molecule has 1 N–H and O–H groups in total. The normalized spacial score (nSPS) is 20.7. The number of anilines is 2. The van der Waals surface area contributed by atoms with Gasteiger partial charge in [-0.1, -0.05) is 5.16 Å². The van der Waals surface area contributed by atoms with E-state index in [0.29, 0.717) is 25.5 Å². The fraction of sp³-hybridized carbons (Fsp3) is 0.500. The summed E-state index contributed by atoms with van der Waals surface area (Å²) in [6.07, 6.45) is 5.25. The van der Waals surface area contributed by atoms with Crippen LogP contribution in [0.5, 0.6) is 0 Å². The molecule has 2 aliphatic rings. The summed E-state index contributed by atoms with van der Waals surface area (Å²) in [5, 5.41) is 6.40. The Morgan fingerprint density at radius 2 is 2.12 bits per heavy atom. The second-order valence-electron chi connectivity index (χ2n) is 6.10. The predicted molar refractivity (Wildman–Crippen MR) is 89.3 cm³/mol. The van der Waals surface area contributed by atoms with Crippen LogP contribution in [0.25, 0.3) is 0 Å². The second-order valence-corrected chi connectivity index (χ2v) is 6.10. The molecule has 0 unspecified atom stereocenters. The highest BCUT2D eigenvalue weighted by Gasteiger charge is 2.27. The third-order valence-electron chi connectivity index (χ3n) is 4.41. The first kappa shape index (κ1) is 15.8. The Bertz CT molecular complexity index is 716. The van der Waals surface area contributed by atoms with Crippen LogP contribution in [-0.4, -0.2) is 58.8 Å². The van der Waals surface area contributed by atoms with E-state index in [2.05, 4.69) is 25.3 Å². The van der Waals surface area contributed by atoms with Gasteiger partial charge in [-0.2, -0.15) is 0 Å². The SMILES string of the molecule is O=C(Nc1ccon1)N1CCO[C@@H](c2ccnc(N3CCCC3)n2)C1. The van der Waals surface area contributed by atoms with Crippen LogP contribution in [0.4, 0.5) is 16.6 Å². The number of carbonyl (C=O) groups excluding carboxylic acids is 1. The first-order valence-electron chi connectivity index (χ1n) is 8.45. The first-order chi connectivity index (χ1) is 12.3. The average molecular weight is 344 g/mol. The molecule has 2 aromatic rings. The van der Waals surface area contributed by atoms with Gasteiger partial charge in [0.25, 0.3) is 0 Å². The van der Waals surface area contributed by atoms with Gasteiger partial charge in [-0.25, -0.2) is 14.8 Å². The molecular formula is C16H20N6O3. The number of ether oxygens (including phenoxy) is 1. The minimum absolute atomic E-state index is 0.226. The number of carbonyl (C=O) groups is 1. The number of hydrogen-bond acceptors (Lipinski definition) is 7. The minimum Gasteiger partial charge on any atom is -0.368 e. The maximum atomic E-state index is 12.4. The number of morpholine rings is 1. The van der Waals surface area contributed by atoms with Gasteiger partial charge < -0.3 is 19.1 Å². The molecule has 0 bridgehead atoms. The zero-order valence-corrected chi connectivity index (χ0v) is 13.8. The van der Waals surface area contributed by atoms with Crippen molar-refractivity contribution in [2.45, 2.75) is 18.9 Å². The molecule has 0 spiro atoms. The summed E-state index contributed by atoms with van der Waals surface area (Å²) < 4.78 is 10.6. The molecule has 0 aromatic carbocycles. The summed E-state index contributed by atoms with van der Waals surface area (Å²) in [6, 6.07) is 3.22. The van der Waals surface area contributed by atoms with Crippen LogP contribution >= 0.6 is 0 Å². The van der Waals surface area contributed by atoms with Crippen molar-refractivity contribution in [2.24, 2.45) is 0 Å². The van der Waals surface area contributed by atoms with Crippen LogP contribution in [0, 0.1) is 0 Å². The summed E-state index contributed by atoms with van der Waals surface area (Å²) in [5.74, 6) is 1.13. The van der Waals surface area contributed by atoms with Crippen molar-refractivity contribution in [3.8, 4) is 0 Å². The molecule has 4 rings (SSSR count). The van der Waals surface area contributed by atoms with Crippen molar-refractivity contribution in [3.05, 3.63) is 30.3 Å². The van der Waals surface area contributed by atoms with E-state index in [1.165, 1.54) is 19.1 Å². The molecule has 132 valence electrons. The Hall–Kier alpha value is -2.68. The lowest BCUT2D eigenvalue weighted by Gasteiger charge is -2.32. The zero-order chi connectivity index (χ0) is 17.1. The number of nitrogens with zero attached hydrogens (tertiary/aromatic N) is 5. The third-order valence-corrected chi connectivity index (χ3v) is 4.41. The standard InChI is InChI=1S/C16H20N6O3/c23-16(19-14-4-9-25-20-14)22-8-10-24-13(11-22)12-3-5-17-15(18-12)21-6-1-2-7-21/h3-5,9,13H,1-2,6-8,10-11H2,(H,19,20,23)/t13-/m1/s1. The monoisotopic (exact) mass is 344 g/mol. The zero-order valence-electron chi connectivity index (χ0n) is 13.8. The van der Waals surface area contributed by atoms with Crippen LogP contribution in [0.1, 0.15) is 24.6 Å². The Morgan fingerprint density at radius 1 is 1.24 bits per heavy atom. The summed E-state index contributed by atoms with van der Waals surface area (Å²) in [5.41, 5.74) is 0.802. The van der Waals surface area contributed by atoms with Crippen LogP contribution in [0.15, 0.2) is 29.1 Å². The van der Waals surface area contributed by atoms with E-state index >= 15 is 0 Å². The summed E-state index contributed by atoms with van der Waals surface area (Å²) >= 11 is 0. The summed E-state index contributed by atoms with van der Waals surface area (Å²) in [7, 11) is 0. The first-order valence-corrected chi connectivity index (χ1v) is 8.45. The van der Waals surface area contributed by atoms with E-state index in [1.54, 1.807) is 17.2 Å². The van der Waals surface area contributed by atoms with Gasteiger partial charge in [-0.15, -0.1) is 0 Å². The average Bonchev–Trinajstić information content (AvgIpc) is 3.36. The number of nitrogens with one attached hydrogen (secondary N) is 1. The van der Waals surface area contributed by atoms with Crippen molar-refractivity contribution in [2.75, 3.05) is 43.0 Å². The van der Waals surface area contributed by atoms with Gasteiger partial charge in [-0.05, 0) is 18.9 Å². The largest absolute Gasteiger partial charge is 0.368 e. The Labute approximate surface area is 145 Å². The van der Waals surface area contributed by atoms with E-state index < -0.39 is 0 Å². The van der Waals surface area contributed by atoms with Crippen molar-refractivity contribution in [3.63, 3.8) is 0 Å². The number of amides is 2. The quantitative estimate of drug-likeness (QED) is 0.904. The molecule has 2 aliphatic heterocycles. The van der Waals surface area contributed by atoms with Crippen molar-refractivity contribution < 1.29 is 14.1 Å². The molecule has 2 aromatic heterocycles. The molecule has 0 aliphatic carbocycles. The van der Waals surface area contributed by atoms with Crippen LogP contribution < -0.4 is 10.2 Å². The van der Waals surface area contributed by atoms with Crippen molar-refractivity contribution >= 4 is 17.8 Å². The molecule has 9 heteroatoms. The topological polar surface area (TPSA) is 96.6 Å². The maximum Gasteiger partial charge on any atom is 0.323 e. The maximum absolute atomic E-state index is 12.4. The van der Waals surface area contributed by atoms with Crippen LogP contribution in [-0.2, 0) is 4.74 Å². The van der Waals surface area contributed by atoms with Gasteiger partial charge >= 0.3 is 6.03 Å². The lowest BCUT2D eigenvalue weighted by molar-refractivity contribution is -0.0157. The molecule has 1 atom stereocenters. The smallest absolute Gasteiger partial charge is 0.323 e. The molecule has 0 saturated carbocycles. The molecule has 2 fully saturated rings. The molecule has 2 saturated heterocycles. The molecule has 25 heavy (non-hydrogen) atoms. The van der Waals surface area contributed by atoms with E-state index in [0.717, 1.165) is 24.7 Å². The number of rotatable bonds is 3. The van der Waals surface area contributed by atoms with E-state index in [1.807, 2.05) is 6.07 Å². The van der Waals surface area contributed by atoms with Crippen LogP contribution in [0.2, 0.25) is 0 Å². The van der Waals surface area contributed by atoms with Crippen molar-refractivity contribution in [1.29, 1.82) is 0 Å². The van der Waals surface area contributed by atoms with Gasteiger partial charge in [0.05, 0.1) is 18.8 Å². The van der Waals surface area contributed by atoms with Crippen LogP contribution in [0.3, 0.4) is 0 Å². The molecule has 2 amide bonds. The highest BCUT2D eigenvalue weighted by Crippen LogP contribution is 2.23. The number of hydrogen-bond donors (Lipinski definition) is 1. The lowest BCUT2D eigenvalue weighted by Crippen LogP contribution is -2.44. The lowest BCUT2D eigenvalue weighted by atomic mass is 10.2. The van der Waals surface area contributed by atoms with Gasteiger partial charge in [0.2, 0.25) is 5.95 Å². The molecule has 0 radical (unpaired) electrons. The number of urea groups is 1. The second kappa shape index (κ2) is 7.06. The highest BCUT2D eigenvalue weighted by molar-refractivity contribution is 5.88. The van der Waals surface area contributed by atoms with Gasteiger partial charge in [0.15, 0.2) is 5.82 Å². The third kappa shape index (κ3) is 3.55. The van der Waals surface area contributed by atoms with Gasteiger partial charge in [-0.3, -0.25) is 5.32 Å². The Balaban J connectivity index is 1.44. The van der Waals surface area contributed by atoms with Gasteiger partial charge in [0, 0.05) is 31.9 Å². The van der Waals surface area contributed by atoms with E-state index in [4.69, 9.17) is 9.26 Å². The highest BCUT2D eigenvalue weighted by atomic mass is 16.5. The fourth-order valence-electron chi connectivity index (χ4n) is 3.09. The fourth-order valence-corrected chi connectivity index (χ4v) is 3.09. The predicted octanol–water partition coefficient (Wildman–Crippen LogP) is 1.67. The number of aromatic nitrogens is 3. The molecular weight excluding hydrogens is 324 g/mol. The van der Waals surface area contributed by atoms with E-state index in [9.17, 15) is 4.79 Å². The summed E-state index contributed by atoms with van der Waals surface area (Å²) in [6.45, 7) is 3.38. The van der Waals surface area contributed by atoms with Crippen molar-refractivity contribution in [1.82, 2.24) is 20.0 Å². The Morgan fingerprint density at radius 3 is 2.92 bits per heavy atom. The minimum atomic E-state index is -0.263. The van der Waals surface area contributed by atoms with Gasteiger partial charge in [0.1, 0.15) is 12.4 Å².